The maximum Gasteiger partial charge on any atom is 0.331 e. The standard InChI is InChI=1S/C14H21N3O3/c1-4-17-10(3)11(9-15-17)12(18)16-14(7-6-8-14)13(19)20-5-2/h9H,4-8H2,1-3H3,(H,16,18). The minimum absolute atomic E-state index is 0.255. The number of carbonyl (C=O) groups excluding carboxylic acids is 2. The maximum atomic E-state index is 12.3. The number of nitrogens with zero attached hydrogens (tertiary/aromatic N) is 2. The van der Waals surface area contributed by atoms with E-state index in [2.05, 4.69) is 10.4 Å². The molecule has 0 radical (unpaired) electrons. The van der Waals surface area contributed by atoms with Crippen molar-refractivity contribution in [2.75, 3.05) is 6.61 Å². The first kappa shape index (κ1) is 14.6. The number of hydrogen-bond donors (Lipinski definition) is 1. The second kappa shape index (κ2) is 5.64. The fourth-order valence-electron chi connectivity index (χ4n) is 2.45. The number of esters is 1. The van der Waals surface area contributed by atoms with Gasteiger partial charge in [0.2, 0.25) is 0 Å². The van der Waals surface area contributed by atoms with Crippen LogP contribution in [0.25, 0.3) is 0 Å². The van der Waals surface area contributed by atoms with E-state index < -0.39 is 5.54 Å². The Kier molecular flexibility index (Phi) is 4.11. The molecule has 0 aliphatic heterocycles. The molecule has 1 N–H and O–H groups in total. The fraction of sp³-hybridized carbons (Fsp3) is 0.643. The van der Waals surface area contributed by atoms with Crippen LogP contribution in [-0.4, -0.2) is 33.8 Å². The molecule has 1 aromatic rings. The van der Waals surface area contributed by atoms with Crippen molar-refractivity contribution in [3.05, 3.63) is 17.5 Å². The summed E-state index contributed by atoms with van der Waals surface area (Å²) in [6.45, 7) is 6.61. The van der Waals surface area contributed by atoms with E-state index in [1.165, 1.54) is 0 Å². The van der Waals surface area contributed by atoms with Crippen molar-refractivity contribution >= 4 is 11.9 Å². The average molecular weight is 279 g/mol. The molecule has 20 heavy (non-hydrogen) atoms. The van der Waals surface area contributed by atoms with Gasteiger partial charge in [0.05, 0.1) is 18.4 Å². The monoisotopic (exact) mass is 279 g/mol. The number of hydrogen-bond acceptors (Lipinski definition) is 4. The minimum atomic E-state index is -0.839. The molecule has 1 aromatic heterocycles. The molecule has 6 heteroatoms. The Morgan fingerprint density at radius 3 is 2.60 bits per heavy atom. The van der Waals surface area contributed by atoms with Crippen molar-refractivity contribution in [3.63, 3.8) is 0 Å². The summed E-state index contributed by atoms with van der Waals surface area (Å²) in [7, 11) is 0. The number of aryl methyl sites for hydroxylation is 1. The van der Waals surface area contributed by atoms with E-state index in [1.807, 2.05) is 13.8 Å². The van der Waals surface area contributed by atoms with Gasteiger partial charge in [0.1, 0.15) is 5.54 Å². The Morgan fingerprint density at radius 1 is 1.45 bits per heavy atom. The summed E-state index contributed by atoms with van der Waals surface area (Å²) >= 11 is 0. The summed E-state index contributed by atoms with van der Waals surface area (Å²) in [5.74, 6) is -0.588. The SMILES string of the molecule is CCOC(=O)C1(NC(=O)c2cnn(CC)c2C)CCC1. The average Bonchev–Trinajstić information content (AvgIpc) is 2.75. The normalized spacial score (nSPS) is 16.4. The minimum Gasteiger partial charge on any atom is -0.464 e. The molecule has 1 fully saturated rings. The summed E-state index contributed by atoms with van der Waals surface area (Å²) in [5.41, 5.74) is 0.485. The maximum absolute atomic E-state index is 12.3. The first-order valence-electron chi connectivity index (χ1n) is 7.06. The van der Waals surface area contributed by atoms with Crippen molar-refractivity contribution in [1.82, 2.24) is 15.1 Å². The molecule has 0 aromatic carbocycles. The van der Waals surface area contributed by atoms with Crippen LogP contribution in [0.5, 0.6) is 0 Å². The molecule has 2 rings (SSSR count). The van der Waals surface area contributed by atoms with Gasteiger partial charge in [-0.2, -0.15) is 5.10 Å². The molecule has 0 atom stereocenters. The molecule has 0 unspecified atom stereocenters. The van der Waals surface area contributed by atoms with Crippen molar-refractivity contribution in [2.24, 2.45) is 0 Å². The van der Waals surface area contributed by atoms with Crippen molar-refractivity contribution in [3.8, 4) is 0 Å². The number of aromatic nitrogens is 2. The largest absolute Gasteiger partial charge is 0.464 e. The lowest BCUT2D eigenvalue weighted by atomic mass is 9.76. The summed E-state index contributed by atoms with van der Waals surface area (Å²) in [4.78, 5) is 24.3. The third-order valence-corrected chi connectivity index (χ3v) is 3.87. The Morgan fingerprint density at radius 2 is 2.15 bits per heavy atom. The van der Waals surface area contributed by atoms with Gasteiger partial charge in [0.15, 0.2) is 0 Å². The molecule has 1 saturated carbocycles. The summed E-state index contributed by atoms with van der Waals surface area (Å²) in [6.07, 6.45) is 3.75. The number of nitrogens with one attached hydrogen (secondary N) is 1. The zero-order chi connectivity index (χ0) is 14.8. The number of carbonyl (C=O) groups is 2. The quantitative estimate of drug-likeness (QED) is 0.827. The number of ether oxygens (including phenoxy) is 1. The van der Waals surface area contributed by atoms with Crippen LogP contribution in [0.3, 0.4) is 0 Å². The molecule has 0 saturated heterocycles. The van der Waals surface area contributed by atoms with Gasteiger partial charge in [0.25, 0.3) is 5.91 Å². The summed E-state index contributed by atoms with van der Waals surface area (Å²) in [6, 6.07) is 0. The van der Waals surface area contributed by atoms with Gasteiger partial charge in [-0.15, -0.1) is 0 Å². The molecular formula is C14H21N3O3. The van der Waals surface area contributed by atoms with Crippen LogP contribution in [0.15, 0.2) is 6.20 Å². The molecule has 1 aliphatic rings. The molecule has 6 nitrogen and oxygen atoms in total. The Bertz CT molecular complexity index is 518. The molecular weight excluding hydrogens is 258 g/mol. The van der Waals surface area contributed by atoms with E-state index in [9.17, 15) is 9.59 Å². The van der Waals surface area contributed by atoms with Gasteiger partial charge in [-0.3, -0.25) is 9.48 Å². The smallest absolute Gasteiger partial charge is 0.331 e. The van der Waals surface area contributed by atoms with Gasteiger partial charge in [-0.25, -0.2) is 4.79 Å². The first-order chi connectivity index (χ1) is 9.54. The molecule has 110 valence electrons. The van der Waals surface area contributed by atoms with Crippen LogP contribution in [0.1, 0.15) is 49.2 Å². The Hall–Kier alpha value is -1.85. The zero-order valence-electron chi connectivity index (χ0n) is 12.2. The van der Waals surface area contributed by atoms with Gasteiger partial charge in [-0.05, 0) is 40.0 Å². The highest BCUT2D eigenvalue weighted by Crippen LogP contribution is 2.33. The lowest BCUT2D eigenvalue weighted by Gasteiger charge is -2.39. The molecule has 0 spiro atoms. The molecule has 0 bridgehead atoms. The number of rotatable bonds is 5. The second-order valence-corrected chi connectivity index (χ2v) is 5.07. The van der Waals surface area contributed by atoms with E-state index in [-0.39, 0.29) is 11.9 Å². The van der Waals surface area contributed by atoms with Crippen molar-refractivity contribution in [2.45, 2.75) is 52.1 Å². The second-order valence-electron chi connectivity index (χ2n) is 5.07. The third kappa shape index (κ3) is 2.42. The van der Waals surface area contributed by atoms with Crippen LogP contribution in [-0.2, 0) is 16.1 Å². The van der Waals surface area contributed by atoms with Gasteiger partial charge < -0.3 is 10.1 Å². The highest BCUT2D eigenvalue weighted by Gasteiger charge is 2.47. The highest BCUT2D eigenvalue weighted by molar-refractivity contribution is 5.99. The lowest BCUT2D eigenvalue weighted by molar-refractivity contribution is -0.154. The van der Waals surface area contributed by atoms with E-state index in [0.717, 1.165) is 12.1 Å². The predicted octanol–water partition coefficient (Wildman–Crippen LogP) is 1.43. The molecule has 1 amide bonds. The highest BCUT2D eigenvalue weighted by atomic mass is 16.5. The van der Waals surface area contributed by atoms with Gasteiger partial charge in [-0.1, -0.05) is 0 Å². The molecule has 1 aliphatic carbocycles. The Labute approximate surface area is 118 Å². The molecule has 1 heterocycles. The van der Waals surface area contributed by atoms with Crippen LogP contribution >= 0.6 is 0 Å². The first-order valence-corrected chi connectivity index (χ1v) is 7.06. The van der Waals surface area contributed by atoms with Crippen molar-refractivity contribution in [1.29, 1.82) is 0 Å². The predicted molar refractivity (Wildman–Crippen MR) is 73.3 cm³/mol. The van der Waals surface area contributed by atoms with Crippen LogP contribution in [0, 0.1) is 6.92 Å². The van der Waals surface area contributed by atoms with Gasteiger partial charge in [0, 0.05) is 12.2 Å². The van der Waals surface area contributed by atoms with E-state index in [1.54, 1.807) is 17.8 Å². The van der Waals surface area contributed by atoms with Gasteiger partial charge >= 0.3 is 5.97 Å². The van der Waals surface area contributed by atoms with Crippen LogP contribution < -0.4 is 5.32 Å². The van der Waals surface area contributed by atoms with Crippen molar-refractivity contribution < 1.29 is 14.3 Å². The van der Waals surface area contributed by atoms with Crippen LogP contribution in [0.2, 0.25) is 0 Å². The Balaban J connectivity index is 2.13. The lowest BCUT2D eigenvalue weighted by Crippen LogP contribution is -2.59. The van der Waals surface area contributed by atoms with Crippen LogP contribution in [0.4, 0.5) is 0 Å². The fourth-order valence-corrected chi connectivity index (χ4v) is 2.45. The summed E-state index contributed by atoms with van der Waals surface area (Å²) < 4.78 is 6.82. The van der Waals surface area contributed by atoms with E-state index in [4.69, 9.17) is 4.74 Å². The van der Waals surface area contributed by atoms with E-state index in [0.29, 0.717) is 31.6 Å². The zero-order valence-corrected chi connectivity index (χ0v) is 12.2. The topological polar surface area (TPSA) is 73.2 Å². The third-order valence-electron chi connectivity index (χ3n) is 3.87. The number of amides is 1. The van der Waals surface area contributed by atoms with E-state index >= 15 is 0 Å². The summed E-state index contributed by atoms with van der Waals surface area (Å²) in [5, 5.41) is 6.99.